The van der Waals surface area contributed by atoms with Crippen LogP contribution in [0.4, 0.5) is 0 Å². The van der Waals surface area contributed by atoms with E-state index in [1.807, 2.05) is 57.2 Å². The Morgan fingerprint density at radius 1 is 1.04 bits per heavy atom. The van der Waals surface area contributed by atoms with Crippen LogP contribution in [0.5, 0.6) is 5.75 Å². The van der Waals surface area contributed by atoms with Crippen LogP contribution in [-0.4, -0.2) is 12.0 Å². The molecule has 3 heteroatoms. The molecule has 2 aromatic carbocycles. The summed E-state index contributed by atoms with van der Waals surface area (Å²) in [7, 11) is 0. The van der Waals surface area contributed by atoms with Gasteiger partial charge in [0.05, 0.1) is 6.04 Å². The molecule has 0 aliphatic carbocycles. The Kier molecular flexibility index (Phi) is 5.43. The van der Waals surface area contributed by atoms with Crippen molar-refractivity contribution in [1.82, 2.24) is 5.32 Å². The summed E-state index contributed by atoms with van der Waals surface area (Å²) in [4.78, 5) is 12.4. The first-order valence-corrected chi connectivity index (χ1v) is 7.98. The van der Waals surface area contributed by atoms with Crippen molar-refractivity contribution in [2.24, 2.45) is 0 Å². The molecule has 0 saturated heterocycles. The molecule has 0 aliphatic rings. The number of amides is 1. The number of ether oxygens (including phenoxy) is 1. The summed E-state index contributed by atoms with van der Waals surface area (Å²) in [6, 6.07) is 14.0. The first-order chi connectivity index (χ1) is 10.9. The highest BCUT2D eigenvalue weighted by Gasteiger charge is 2.18. The van der Waals surface area contributed by atoms with Gasteiger partial charge in [0.25, 0.3) is 5.91 Å². The molecule has 0 fully saturated rings. The Hall–Kier alpha value is -2.29. The van der Waals surface area contributed by atoms with E-state index in [9.17, 15) is 4.79 Å². The zero-order chi connectivity index (χ0) is 17.0. The molecule has 2 aromatic rings. The predicted molar refractivity (Wildman–Crippen MR) is 93.7 cm³/mol. The summed E-state index contributed by atoms with van der Waals surface area (Å²) in [6.45, 7) is 9.85. The maximum atomic E-state index is 12.4. The molecular weight excluding hydrogens is 286 g/mol. The van der Waals surface area contributed by atoms with E-state index in [4.69, 9.17) is 4.74 Å². The summed E-state index contributed by atoms with van der Waals surface area (Å²) < 4.78 is 5.89. The molecule has 1 amide bonds. The Bertz CT molecular complexity index is 680. The van der Waals surface area contributed by atoms with Crippen molar-refractivity contribution in [3.8, 4) is 5.75 Å². The quantitative estimate of drug-likeness (QED) is 0.896. The Balaban J connectivity index is 2.03. The van der Waals surface area contributed by atoms with Crippen LogP contribution < -0.4 is 10.1 Å². The number of benzene rings is 2. The highest BCUT2D eigenvalue weighted by Crippen LogP contribution is 2.24. The lowest BCUT2D eigenvalue weighted by Crippen LogP contribution is -2.37. The maximum Gasteiger partial charge on any atom is 0.261 e. The summed E-state index contributed by atoms with van der Waals surface area (Å²) in [6.07, 6.45) is -0.541. The number of aryl methyl sites for hydroxylation is 2. The average molecular weight is 311 g/mol. The van der Waals surface area contributed by atoms with Gasteiger partial charge in [-0.25, -0.2) is 0 Å². The second kappa shape index (κ2) is 7.32. The van der Waals surface area contributed by atoms with E-state index in [0.29, 0.717) is 0 Å². The van der Waals surface area contributed by atoms with E-state index < -0.39 is 6.10 Å². The Morgan fingerprint density at radius 3 is 2.35 bits per heavy atom. The molecule has 0 spiro atoms. The first kappa shape index (κ1) is 17.1. The third-order valence-electron chi connectivity index (χ3n) is 4.10. The molecule has 2 atom stereocenters. The van der Waals surface area contributed by atoms with Gasteiger partial charge >= 0.3 is 0 Å². The van der Waals surface area contributed by atoms with Gasteiger partial charge in [0.2, 0.25) is 0 Å². The van der Waals surface area contributed by atoms with Gasteiger partial charge in [0.1, 0.15) is 5.75 Å². The molecule has 0 heterocycles. The first-order valence-electron chi connectivity index (χ1n) is 7.98. The fourth-order valence-electron chi connectivity index (χ4n) is 2.52. The van der Waals surface area contributed by atoms with Crippen molar-refractivity contribution in [3.63, 3.8) is 0 Å². The second-order valence-electron chi connectivity index (χ2n) is 6.11. The van der Waals surface area contributed by atoms with Gasteiger partial charge in [0, 0.05) is 0 Å². The van der Waals surface area contributed by atoms with E-state index in [1.54, 1.807) is 6.92 Å². The monoisotopic (exact) mass is 311 g/mol. The minimum atomic E-state index is -0.541. The molecule has 2 rings (SSSR count). The lowest BCUT2D eigenvalue weighted by atomic mass is 10.1. The summed E-state index contributed by atoms with van der Waals surface area (Å²) >= 11 is 0. The van der Waals surface area contributed by atoms with E-state index in [2.05, 4.69) is 18.3 Å². The maximum absolute atomic E-state index is 12.4. The van der Waals surface area contributed by atoms with E-state index in [-0.39, 0.29) is 11.9 Å². The van der Waals surface area contributed by atoms with Crippen LogP contribution >= 0.6 is 0 Å². The van der Waals surface area contributed by atoms with Crippen molar-refractivity contribution < 1.29 is 9.53 Å². The van der Waals surface area contributed by atoms with Crippen molar-refractivity contribution in [2.75, 3.05) is 0 Å². The van der Waals surface area contributed by atoms with Crippen LogP contribution in [0.1, 0.15) is 42.1 Å². The largest absolute Gasteiger partial charge is 0.481 e. The molecule has 1 N–H and O–H groups in total. The molecule has 0 bridgehead atoms. The van der Waals surface area contributed by atoms with Crippen LogP contribution in [-0.2, 0) is 4.79 Å². The number of carbonyl (C=O) groups excluding carboxylic acids is 1. The minimum Gasteiger partial charge on any atom is -0.481 e. The van der Waals surface area contributed by atoms with Crippen LogP contribution in [0.15, 0.2) is 42.5 Å². The number of nitrogens with one attached hydrogen (secondary N) is 1. The van der Waals surface area contributed by atoms with Gasteiger partial charge in [-0.3, -0.25) is 4.79 Å². The van der Waals surface area contributed by atoms with Crippen LogP contribution in [0, 0.1) is 20.8 Å². The fraction of sp³-hybridized carbons (Fsp3) is 0.350. The van der Waals surface area contributed by atoms with Crippen molar-refractivity contribution >= 4 is 5.91 Å². The Labute approximate surface area is 138 Å². The van der Waals surface area contributed by atoms with Gasteiger partial charge in [-0.1, -0.05) is 36.4 Å². The number of hydrogen-bond donors (Lipinski definition) is 1. The van der Waals surface area contributed by atoms with Gasteiger partial charge in [0.15, 0.2) is 6.10 Å². The second-order valence-corrected chi connectivity index (χ2v) is 6.11. The normalized spacial score (nSPS) is 13.3. The molecular formula is C20H25NO2. The number of rotatable bonds is 5. The van der Waals surface area contributed by atoms with E-state index in [0.717, 1.165) is 22.4 Å². The molecule has 3 nitrogen and oxygen atoms in total. The van der Waals surface area contributed by atoms with Crippen LogP contribution in [0.25, 0.3) is 0 Å². The highest BCUT2D eigenvalue weighted by atomic mass is 16.5. The Morgan fingerprint density at radius 2 is 1.70 bits per heavy atom. The third-order valence-corrected chi connectivity index (χ3v) is 4.10. The van der Waals surface area contributed by atoms with Crippen LogP contribution in [0.3, 0.4) is 0 Å². The average Bonchev–Trinajstić information content (AvgIpc) is 2.52. The van der Waals surface area contributed by atoms with Gasteiger partial charge in [-0.15, -0.1) is 0 Å². The fourth-order valence-corrected chi connectivity index (χ4v) is 2.52. The zero-order valence-electron chi connectivity index (χ0n) is 14.5. The lowest BCUT2D eigenvalue weighted by molar-refractivity contribution is -0.127. The van der Waals surface area contributed by atoms with Crippen molar-refractivity contribution in [1.29, 1.82) is 0 Å². The van der Waals surface area contributed by atoms with Gasteiger partial charge in [-0.2, -0.15) is 0 Å². The third kappa shape index (κ3) is 4.35. The van der Waals surface area contributed by atoms with Gasteiger partial charge < -0.3 is 10.1 Å². The molecule has 0 aliphatic heterocycles. The predicted octanol–water partition coefficient (Wildman–Crippen LogP) is 4.26. The molecule has 0 aromatic heterocycles. The smallest absolute Gasteiger partial charge is 0.261 e. The van der Waals surface area contributed by atoms with E-state index in [1.165, 1.54) is 5.56 Å². The molecule has 23 heavy (non-hydrogen) atoms. The van der Waals surface area contributed by atoms with Crippen molar-refractivity contribution in [2.45, 2.75) is 46.8 Å². The van der Waals surface area contributed by atoms with Crippen molar-refractivity contribution in [3.05, 3.63) is 64.7 Å². The summed E-state index contributed by atoms with van der Waals surface area (Å²) in [5, 5.41) is 3.00. The standard InChI is InChI=1S/C20H25NO2/c1-13-11-14(2)15(3)19(12-13)23-17(5)20(22)21-16(4)18-9-7-6-8-10-18/h6-12,16-17H,1-5H3,(H,21,22)/t16-,17+/m1/s1. The van der Waals surface area contributed by atoms with Gasteiger partial charge in [-0.05, 0) is 62.9 Å². The number of hydrogen-bond acceptors (Lipinski definition) is 2. The van der Waals surface area contributed by atoms with Crippen LogP contribution in [0.2, 0.25) is 0 Å². The molecule has 122 valence electrons. The van der Waals surface area contributed by atoms with E-state index >= 15 is 0 Å². The SMILES string of the molecule is Cc1cc(C)c(C)c(O[C@@H](C)C(=O)N[C@H](C)c2ccccc2)c1. The summed E-state index contributed by atoms with van der Waals surface area (Å²) in [5.74, 6) is 0.664. The molecule has 0 unspecified atom stereocenters. The topological polar surface area (TPSA) is 38.3 Å². The lowest BCUT2D eigenvalue weighted by Gasteiger charge is -2.20. The number of carbonyl (C=O) groups is 1. The zero-order valence-corrected chi connectivity index (χ0v) is 14.5. The molecule has 0 radical (unpaired) electrons. The summed E-state index contributed by atoms with van der Waals surface area (Å²) in [5.41, 5.74) is 4.46. The highest BCUT2D eigenvalue weighted by molar-refractivity contribution is 5.81. The molecule has 0 saturated carbocycles. The minimum absolute atomic E-state index is 0.0462.